The summed E-state index contributed by atoms with van der Waals surface area (Å²) in [5, 5.41) is 3.48. The van der Waals surface area contributed by atoms with E-state index in [-0.39, 0.29) is 30.8 Å². The van der Waals surface area contributed by atoms with E-state index in [1.807, 2.05) is 26.0 Å². The fourth-order valence-corrected chi connectivity index (χ4v) is 3.70. The standard InChI is InChI=1S/C22H26ClFN2O2S/c1-15(2)25-22(28)16(3)26(14-17-6-4-5-7-20(17)24)21(27)12-13-29-19-10-8-18(23)9-11-19/h4-11,15-16H,12-14H2,1-3H3,(H,25,28). The number of carbonyl (C=O) groups is 2. The molecule has 7 heteroatoms. The van der Waals surface area contributed by atoms with E-state index in [1.165, 1.54) is 22.7 Å². The second-order valence-corrected chi connectivity index (χ2v) is 8.61. The monoisotopic (exact) mass is 436 g/mol. The Morgan fingerprint density at radius 1 is 1.10 bits per heavy atom. The van der Waals surface area contributed by atoms with Crippen molar-refractivity contribution in [3.63, 3.8) is 0 Å². The lowest BCUT2D eigenvalue weighted by atomic mass is 10.1. The van der Waals surface area contributed by atoms with Crippen molar-refractivity contribution in [2.24, 2.45) is 0 Å². The summed E-state index contributed by atoms with van der Waals surface area (Å²) < 4.78 is 14.1. The van der Waals surface area contributed by atoms with E-state index in [0.717, 1.165) is 4.90 Å². The summed E-state index contributed by atoms with van der Waals surface area (Å²) in [5.41, 5.74) is 0.385. The van der Waals surface area contributed by atoms with Gasteiger partial charge in [-0.15, -0.1) is 11.8 Å². The molecule has 0 aliphatic carbocycles. The normalized spacial score (nSPS) is 11.9. The largest absolute Gasteiger partial charge is 0.352 e. The van der Waals surface area contributed by atoms with Gasteiger partial charge in [-0.25, -0.2) is 4.39 Å². The highest BCUT2D eigenvalue weighted by atomic mass is 35.5. The van der Waals surface area contributed by atoms with E-state index in [9.17, 15) is 14.0 Å². The zero-order valence-corrected chi connectivity index (χ0v) is 18.4. The molecule has 1 unspecified atom stereocenters. The molecule has 2 amide bonds. The number of hydrogen-bond donors (Lipinski definition) is 1. The summed E-state index contributed by atoms with van der Waals surface area (Å²) in [7, 11) is 0. The van der Waals surface area contributed by atoms with Crippen LogP contribution in [0.1, 0.15) is 32.8 Å². The molecule has 156 valence electrons. The zero-order valence-electron chi connectivity index (χ0n) is 16.8. The quantitative estimate of drug-likeness (QED) is 0.568. The Bertz CT molecular complexity index is 830. The van der Waals surface area contributed by atoms with E-state index in [4.69, 9.17) is 11.6 Å². The van der Waals surface area contributed by atoms with Crippen molar-refractivity contribution in [1.82, 2.24) is 10.2 Å². The van der Waals surface area contributed by atoms with Gasteiger partial charge in [0.2, 0.25) is 11.8 Å². The Kier molecular flexibility index (Phi) is 8.99. The fraction of sp³-hybridized carbons (Fsp3) is 0.364. The molecule has 1 atom stereocenters. The maximum atomic E-state index is 14.1. The van der Waals surface area contributed by atoms with Gasteiger partial charge in [0.25, 0.3) is 0 Å². The predicted molar refractivity (Wildman–Crippen MR) is 116 cm³/mol. The first-order valence-electron chi connectivity index (χ1n) is 9.49. The van der Waals surface area contributed by atoms with Crippen molar-refractivity contribution < 1.29 is 14.0 Å². The van der Waals surface area contributed by atoms with Crippen molar-refractivity contribution in [3.8, 4) is 0 Å². The van der Waals surface area contributed by atoms with Crippen molar-refractivity contribution in [2.75, 3.05) is 5.75 Å². The molecule has 0 heterocycles. The molecular weight excluding hydrogens is 411 g/mol. The van der Waals surface area contributed by atoms with Crippen LogP contribution in [0.5, 0.6) is 0 Å². The Morgan fingerprint density at radius 3 is 2.38 bits per heavy atom. The van der Waals surface area contributed by atoms with Crippen molar-refractivity contribution in [1.29, 1.82) is 0 Å². The van der Waals surface area contributed by atoms with Gasteiger partial charge < -0.3 is 10.2 Å². The van der Waals surface area contributed by atoms with Gasteiger partial charge in [-0.3, -0.25) is 9.59 Å². The van der Waals surface area contributed by atoms with Gasteiger partial charge in [0.15, 0.2) is 0 Å². The highest BCUT2D eigenvalue weighted by molar-refractivity contribution is 7.99. The van der Waals surface area contributed by atoms with Gasteiger partial charge in [0.05, 0.1) is 0 Å². The molecule has 0 saturated carbocycles. The van der Waals surface area contributed by atoms with Crippen molar-refractivity contribution >= 4 is 35.2 Å². The van der Waals surface area contributed by atoms with E-state index >= 15 is 0 Å². The van der Waals surface area contributed by atoms with Crippen LogP contribution >= 0.6 is 23.4 Å². The van der Waals surface area contributed by atoms with Gasteiger partial charge >= 0.3 is 0 Å². The van der Waals surface area contributed by atoms with Crippen LogP contribution in [0.4, 0.5) is 4.39 Å². The number of nitrogens with one attached hydrogen (secondary N) is 1. The van der Waals surface area contributed by atoms with Crippen LogP contribution in [0.3, 0.4) is 0 Å². The van der Waals surface area contributed by atoms with Crippen LogP contribution in [-0.4, -0.2) is 34.6 Å². The second-order valence-electron chi connectivity index (χ2n) is 7.00. The summed E-state index contributed by atoms with van der Waals surface area (Å²) in [6.07, 6.45) is 0.237. The molecule has 1 N–H and O–H groups in total. The van der Waals surface area contributed by atoms with Gasteiger partial charge in [-0.1, -0.05) is 29.8 Å². The average molecular weight is 437 g/mol. The third-order valence-electron chi connectivity index (χ3n) is 4.30. The summed E-state index contributed by atoms with van der Waals surface area (Å²) in [4.78, 5) is 27.9. The van der Waals surface area contributed by atoms with E-state index < -0.39 is 11.9 Å². The van der Waals surface area contributed by atoms with Crippen LogP contribution < -0.4 is 5.32 Å². The smallest absolute Gasteiger partial charge is 0.242 e. The van der Waals surface area contributed by atoms with E-state index in [0.29, 0.717) is 16.3 Å². The number of amides is 2. The van der Waals surface area contributed by atoms with Crippen LogP contribution in [0, 0.1) is 5.82 Å². The van der Waals surface area contributed by atoms with Gasteiger partial charge in [-0.05, 0) is 51.1 Å². The minimum absolute atomic E-state index is 0.0454. The van der Waals surface area contributed by atoms with E-state index in [2.05, 4.69) is 5.32 Å². The summed E-state index contributed by atoms with van der Waals surface area (Å²) in [5.74, 6) is -0.291. The number of benzene rings is 2. The molecule has 0 radical (unpaired) electrons. The molecular formula is C22H26ClFN2O2S. The lowest BCUT2D eigenvalue weighted by molar-refractivity contribution is -0.140. The summed E-state index contributed by atoms with van der Waals surface area (Å²) in [6, 6.07) is 12.9. The number of carbonyl (C=O) groups excluding carboxylic acids is 2. The molecule has 2 rings (SSSR count). The molecule has 0 aromatic heterocycles. The Labute approximate surface area is 180 Å². The SMILES string of the molecule is CC(C)NC(=O)C(C)N(Cc1ccccc1F)C(=O)CCSc1ccc(Cl)cc1. The molecule has 0 saturated heterocycles. The minimum Gasteiger partial charge on any atom is -0.352 e. The molecule has 0 aliphatic heterocycles. The van der Waals surface area contributed by atoms with Gasteiger partial charge in [0, 0.05) is 40.2 Å². The molecule has 0 aliphatic rings. The third-order valence-corrected chi connectivity index (χ3v) is 5.56. The van der Waals surface area contributed by atoms with Gasteiger partial charge in [-0.2, -0.15) is 0 Å². The topological polar surface area (TPSA) is 49.4 Å². The molecule has 2 aromatic rings. The first-order valence-corrected chi connectivity index (χ1v) is 10.9. The number of nitrogens with zero attached hydrogens (tertiary/aromatic N) is 1. The predicted octanol–water partition coefficient (Wildman–Crippen LogP) is 4.90. The molecule has 0 bridgehead atoms. The molecule has 29 heavy (non-hydrogen) atoms. The zero-order chi connectivity index (χ0) is 21.4. The third kappa shape index (κ3) is 7.37. The van der Waals surface area contributed by atoms with E-state index in [1.54, 1.807) is 37.3 Å². The van der Waals surface area contributed by atoms with Crippen molar-refractivity contribution in [2.45, 2.75) is 50.7 Å². The minimum atomic E-state index is -0.704. The van der Waals surface area contributed by atoms with Crippen LogP contribution in [0.25, 0.3) is 0 Å². The molecule has 2 aromatic carbocycles. The van der Waals surface area contributed by atoms with Crippen LogP contribution in [-0.2, 0) is 16.1 Å². The highest BCUT2D eigenvalue weighted by Gasteiger charge is 2.26. The Hall–Kier alpha value is -2.05. The molecule has 0 fully saturated rings. The number of hydrogen-bond acceptors (Lipinski definition) is 3. The molecule has 4 nitrogen and oxygen atoms in total. The maximum absolute atomic E-state index is 14.1. The molecule has 0 spiro atoms. The van der Waals surface area contributed by atoms with Crippen LogP contribution in [0.15, 0.2) is 53.4 Å². The lowest BCUT2D eigenvalue weighted by Crippen LogP contribution is -2.49. The van der Waals surface area contributed by atoms with Gasteiger partial charge in [0.1, 0.15) is 11.9 Å². The Morgan fingerprint density at radius 2 is 1.76 bits per heavy atom. The number of thioether (sulfide) groups is 1. The first kappa shape index (κ1) is 23.2. The lowest BCUT2D eigenvalue weighted by Gasteiger charge is -2.29. The number of rotatable bonds is 9. The number of halogens is 2. The summed E-state index contributed by atoms with van der Waals surface area (Å²) in [6.45, 7) is 5.43. The first-order chi connectivity index (χ1) is 13.8. The fourth-order valence-electron chi connectivity index (χ4n) is 2.73. The average Bonchev–Trinajstić information content (AvgIpc) is 2.67. The Balaban J connectivity index is 2.07. The second kappa shape index (κ2) is 11.2. The summed E-state index contributed by atoms with van der Waals surface area (Å²) >= 11 is 7.42. The van der Waals surface area contributed by atoms with Crippen molar-refractivity contribution in [3.05, 3.63) is 64.9 Å². The maximum Gasteiger partial charge on any atom is 0.242 e. The highest BCUT2D eigenvalue weighted by Crippen LogP contribution is 2.22. The van der Waals surface area contributed by atoms with Crippen LogP contribution in [0.2, 0.25) is 5.02 Å².